The number of rotatable bonds is 6. The molecular formula is C12H23NO3. The Labute approximate surface area is 97.6 Å². The lowest BCUT2D eigenvalue weighted by Gasteiger charge is -2.30. The van der Waals surface area contributed by atoms with Gasteiger partial charge in [0.25, 0.3) is 0 Å². The highest BCUT2D eigenvalue weighted by atomic mass is 16.5. The molecule has 0 saturated carbocycles. The van der Waals surface area contributed by atoms with E-state index in [1.807, 2.05) is 4.90 Å². The topological polar surface area (TPSA) is 49.8 Å². The van der Waals surface area contributed by atoms with Crippen LogP contribution in [0, 0.1) is 5.92 Å². The molecule has 4 heteroatoms. The molecule has 1 aliphatic rings. The van der Waals surface area contributed by atoms with Crippen LogP contribution in [0.3, 0.4) is 0 Å². The SMILES string of the molecule is CC(C)CCOC1CCN(CC(=O)O)CC1. The summed E-state index contributed by atoms with van der Waals surface area (Å²) in [4.78, 5) is 12.5. The van der Waals surface area contributed by atoms with Gasteiger partial charge in [0.1, 0.15) is 0 Å². The highest BCUT2D eigenvalue weighted by molar-refractivity contribution is 5.69. The van der Waals surface area contributed by atoms with Gasteiger partial charge in [0.15, 0.2) is 0 Å². The normalized spacial score (nSPS) is 19.2. The Hall–Kier alpha value is -0.610. The number of piperidine rings is 1. The van der Waals surface area contributed by atoms with E-state index < -0.39 is 5.97 Å². The molecule has 0 unspecified atom stereocenters. The summed E-state index contributed by atoms with van der Waals surface area (Å²) in [6, 6.07) is 0. The third-order valence-corrected chi connectivity index (χ3v) is 2.94. The summed E-state index contributed by atoms with van der Waals surface area (Å²) >= 11 is 0. The van der Waals surface area contributed by atoms with Crippen molar-refractivity contribution in [1.29, 1.82) is 0 Å². The van der Waals surface area contributed by atoms with Gasteiger partial charge in [-0.2, -0.15) is 0 Å². The second-order valence-electron chi connectivity index (χ2n) is 4.92. The first-order chi connectivity index (χ1) is 7.58. The van der Waals surface area contributed by atoms with Crippen LogP contribution >= 0.6 is 0 Å². The van der Waals surface area contributed by atoms with Gasteiger partial charge in [-0.25, -0.2) is 0 Å². The predicted octanol–water partition coefficient (Wildman–Crippen LogP) is 1.60. The molecule has 1 aliphatic heterocycles. The van der Waals surface area contributed by atoms with Gasteiger partial charge in [-0.1, -0.05) is 13.8 Å². The molecule has 0 aliphatic carbocycles. The minimum absolute atomic E-state index is 0.165. The molecule has 0 spiro atoms. The molecule has 94 valence electrons. The number of carboxylic acid groups (broad SMARTS) is 1. The van der Waals surface area contributed by atoms with Crippen molar-refractivity contribution in [3.05, 3.63) is 0 Å². The smallest absolute Gasteiger partial charge is 0.317 e. The summed E-state index contributed by atoms with van der Waals surface area (Å²) < 4.78 is 5.77. The van der Waals surface area contributed by atoms with Gasteiger partial charge >= 0.3 is 5.97 Å². The zero-order valence-corrected chi connectivity index (χ0v) is 10.3. The van der Waals surface area contributed by atoms with Crippen LogP contribution in [0.5, 0.6) is 0 Å². The van der Waals surface area contributed by atoms with Crippen LogP contribution in [0.1, 0.15) is 33.1 Å². The molecule has 1 rings (SSSR count). The molecule has 0 aromatic heterocycles. The standard InChI is InChI=1S/C12H23NO3/c1-10(2)5-8-16-11-3-6-13(7-4-11)9-12(14)15/h10-11H,3-9H2,1-2H3,(H,14,15). The van der Waals surface area contributed by atoms with Crippen LogP contribution in [-0.4, -0.2) is 48.3 Å². The fourth-order valence-corrected chi connectivity index (χ4v) is 1.90. The van der Waals surface area contributed by atoms with E-state index in [1.54, 1.807) is 0 Å². The number of nitrogens with zero attached hydrogens (tertiary/aromatic N) is 1. The van der Waals surface area contributed by atoms with Crippen molar-refractivity contribution in [3.8, 4) is 0 Å². The highest BCUT2D eigenvalue weighted by Gasteiger charge is 2.20. The van der Waals surface area contributed by atoms with Crippen molar-refractivity contribution in [3.63, 3.8) is 0 Å². The van der Waals surface area contributed by atoms with Crippen LogP contribution in [0.4, 0.5) is 0 Å². The molecule has 0 atom stereocenters. The van der Waals surface area contributed by atoms with E-state index in [1.165, 1.54) is 0 Å². The molecule has 0 amide bonds. The fraction of sp³-hybridized carbons (Fsp3) is 0.917. The Bertz CT molecular complexity index is 210. The number of aliphatic carboxylic acids is 1. The lowest BCUT2D eigenvalue weighted by atomic mass is 10.1. The predicted molar refractivity (Wildman–Crippen MR) is 62.5 cm³/mol. The van der Waals surface area contributed by atoms with Crippen LogP contribution in [0.2, 0.25) is 0 Å². The molecule has 1 saturated heterocycles. The van der Waals surface area contributed by atoms with Gasteiger partial charge in [0.05, 0.1) is 12.6 Å². The maximum Gasteiger partial charge on any atom is 0.317 e. The maximum absolute atomic E-state index is 10.5. The Morgan fingerprint density at radius 1 is 1.44 bits per heavy atom. The maximum atomic E-state index is 10.5. The Morgan fingerprint density at radius 2 is 2.06 bits per heavy atom. The highest BCUT2D eigenvalue weighted by Crippen LogP contribution is 2.14. The van der Waals surface area contributed by atoms with E-state index in [4.69, 9.17) is 9.84 Å². The number of hydrogen-bond donors (Lipinski definition) is 1. The second kappa shape index (κ2) is 6.86. The second-order valence-corrected chi connectivity index (χ2v) is 4.92. The van der Waals surface area contributed by atoms with Crippen LogP contribution in [0.15, 0.2) is 0 Å². The largest absolute Gasteiger partial charge is 0.480 e. The summed E-state index contributed by atoms with van der Waals surface area (Å²) in [5.41, 5.74) is 0. The molecule has 1 heterocycles. The van der Waals surface area contributed by atoms with Crippen molar-refractivity contribution >= 4 is 5.97 Å². The summed E-state index contributed by atoms with van der Waals surface area (Å²) in [7, 11) is 0. The third-order valence-electron chi connectivity index (χ3n) is 2.94. The van der Waals surface area contributed by atoms with Crippen LogP contribution in [0.25, 0.3) is 0 Å². The van der Waals surface area contributed by atoms with E-state index >= 15 is 0 Å². The zero-order chi connectivity index (χ0) is 12.0. The minimum atomic E-state index is -0.737. The van der Waals surface area contributed by atoms with E-state index in [0.29, 0.717) is 12.0 Å². The summed E-state index contributed by atoms with van der Waals surface area (Å²) in [5, 5.41) is 8.66. The average molecular weight is 229 g/mol. The molecular weight excluding hydrogens is 206 g/mol. The van der Waals surface area contributed by atoms with Gasteiger partial charge in [-0.15, -0.1) is 0 Å². The van der Waals surface area contributed by atoms with Crippen molar-refractivity contribution in [2.45, 2.75) is 39.2 Å². The molecule has 0 radical (unpaired) electrons. The number of ether oxygens (including phenoxy) is 1. The first-order valence-corrected chi connectivity index (χ1v) is 6.13. The minimum Gasteiger partial charge on any atom is -0.480 e. The summed E-state index contributed by atoms with van der Waals surface area (Å²) in [5.74, 6) is -0.0497. The Balaban J connectivity index is 2.10. The molecule has 0 aromatic rings. The van der Waals surface area contributed by atoms with Crippen LogP contribution in [-0.2, 0) is 9.53 Å². The molecule has 0 aromatic carbocycles. The fourth-order valence-electron chi connectivity index (χ4n) is 1.90. The van der Waals surface area contributed by atoms with E-state index in [9.17, 15) is 4.79 Å². The number of likely N-dealkylation sites (tertiary alicyclic amines) is 1. The van der Waals surface area contributed by atoms with Gasteiger partial charge in [0.2, 0.25) is 0 Å². The first kappa shape index (κ1) is 13.5. The monoisotopic (exact) mass is 229 g/mol. The molecule has 16 heavy (non-hydrogen) atoms. The Kier molecular flexibility index (Phi) is 5.77. The first-order valence-electron chi connectivity index (χ1n) is 6.13. The number of carbonyl (C=O) groups is 1. The molecule has 1 fully saturated rings. The van der Waals surface area contributed by atoms with Gasteiger partial charge < -0.3 is 9.84 Å². The lowest BCUT2D eigenvalue weighted by molar-refractivity contribution is -0.139. The van der Waals surface area contributed by atoms with E-state index in [-0.39, 0.29) is 6.54 Å². The lowest BCUT2D eigenvalue weighted by Crippen LogP contribution is -2.39. The van der Waals surface area contributed by atoms with Gasteiger partial charge in [-0.05, 0) is 25.2 Å². The summed E-state index contributed by atoms with van der Waals surface area (Å²) in [6.45, 7) is 7.08. The quantitative estimate of drug-likeness (QED) is 0.751. The van der Waals surface area contributed by atoms with Crippen molar-refractivity contribution < 1.29 is 14.6 Å². The van der Waals surface area contributed by atoms with E-state index in [2.05, 4.69) is 13.8 Å². The van der Waals surface area contributed by atoms with E-state index in [0.717, 1.165) is 39.0 Å². The molecule has 1 N–H and O–H groups in total. The van der Waals surface area contributed by atoms with Crippen molar-refractivity contribution in [2.24, 2.45) is 5.92 Å². The summed E-state index contributed by atoms with van der Waals surface area (Å²) in [6.07, 6.45) is 3.37. The van der Waals surface area contributed by atoms with Crippen LogP contribution < -0.4 is 0 Å². The third kappa shape index (κ3) is 5.47. The number of hydrogen-bond acceptors (Lipinski definition) is 3. The van der Waals surface area contributed by atoms with Gasteiger partial charge in [-0.3, -0.25) is 9.69 Å². The number of carboxylic acids is 1. The Morgan fingerprint density at radius 3 is 2.56 bits per heavy atom. The zero-order valence-electron chi connectivity index (χ0n) is 10.3. The molecule has 0 bridgehead atoms. The molecule has 4 nitrogen and oxygen atoms in total. The van der Waals surface area contributed by atoms with Crippen molar-refractivity contribution in [2.75, 3.05) is 26.2 Å². The van der Waals surface area contributed by atoms with Gasteiger partial charge in [0, 0.05) is 19.7 Å². The average Bonchev–Trinajstić information content (AvgIpc) is 2.19. The van der Waals surface area contributed by atoms with Crippen molar-refractivity contribution in [1.82, 2.24) is 4.90 Å².